The van der Waals surface area contributed by atoms with E-state index in [0.717, 1.165) is 12.2 Å². The van der Waals surface area contributed by atoms with Crippen molar-refractivity contribution in [2.24, 2.45) is 0 Å². The van der Waals surface area contributed by atoms with Crippen LogP contribution in [0.1, 0.15) is 6.42 Å². The molecule has 7 heteroatoms. The van der Waals surface area contributed by atoms with E-state index in [9.17, 15) is 4.79 Å². The first-order valence-corrected chi connectivity index (χ1v) is 8.26. The van der Waals surface area contributed by atoms with Gasteiger partial charge in [-0.1, -0.05) is 12.1 Å². The minimum atomic E-state index is -0.0404. The highest BCUT2D eigenvalue weighted by Crippen LogP contribution is 2.31. The molecule has 2 aromatic rings. The summed E-state index contributed by atoms with van der Waals surface area (Å²) >= 11 is 0. The van der Waals surface area contributed by atoms with Gasteiger partial charge in [0.05, 0.1) is 20.3 Å². The lowest BCUT2D eigenvalue weighted by atomic mass is 10.2. The van der Waals surface area contributed by atoms with Crippen molar-refractivity contribution in [3.63, 3.8) is 0 Å². The van der Waals surface area contributed by atoms with Gasteiger partial charge < -0.3 is 24.8 Å². The van der Waals surface area contributed by atoms with Crippen molar-refractivity contribution in [1.29, 1.82) is 0 Å². The lowest BCUT2D eigenvalue weighted by Crippen LogP contribution is -2.43. The minimum Gasteiger partial charge on any atom is -0.493 e. The molecule has 1 unspecified atom stereocenters. The fourth-order valence-electron chi connectivity index (χ4n) is 2.62. The lowest BCUT2D eigenvalue weighted by Gasteiger charge is -2.23. The first kappa shape index (κ1) is 20.0. The number of nitrogens with one attached hydrogen (secondary N) is 2. The lowest BCUT2D eigenvalue weighted by molar-refractivity contribution is -0.117. The Kier molecular flexibility index (Phi) is 7.72. The molecule has 1 amide bonds. The molecule has 1 aliphatic rings. The van der Waals surface area contributed by atoms with E-state index in [1.165, 1.54) is 0 Å². The van der Waals surface area contributed by atoms with Crippen LogP contribution in [0.5, 0.6) is 17.2 Å². The van der Waals surface area contributed by atoms with Crippen LogP contribution >= 0.6 is 12.4 Å². The molecule has 6 nitrogen and oxygen atoms in total. The molecule has 1 aliphatic heterocycles. The van der Waals surface area contributed by atoms with E-state index in [1.807, 2.05) is 48.5 Å². The molecule has 0 spiro atoms. The van der Waals surface area contributed by atoms with Crippen molar-refractivity contribution in [3.05, 3.63) is 48.5 Å². The van der Waals surface area contributed by atoms with Crippen molar-refractivity contribution in [3.8, 4) is 17.2 Å². The van der Waals surface area contributed by atoms with Crippen molar-refractivity contribution >= 4 is 24.0 Å². The molecular weight excluding hydrogens is 356 g/mol. The van der Waals surface area contributed by atoms with Gasteiger partial charge in [-0.15, -0.1) is 12.4 Å². The number of anilines is 1. The highest BCUT2D eigenvalue weighted by molar-refractivity contribution is 5.91. The molecule has 0 radical (unpaired) electrons. The standard InChI is InChI=1S/C19H22N2O4.ClH/c1-23-17-4-2-3-5-18(17)25-16-8-6-14(7-9-16)21-19(22)12-15-13-24-11-10-20-15;/h2-9,15,20H,10-13H2,1H3,(H,21,22);1H. The number of hydrogen-bond acceptors (Lipinski definition) is 5. The van der Waals surface area contributed by atoms with Crippen molar-refractivity contribution in [2.75, 3.05) is 32.2 Å². The Hall–Kier alpha value is -2.28. The maximum absolute atomic E-state index is 12.1. The summed E-state index contributed by atoms with van der Waals surface area (Å²) in [4.78, 5) is 12.1. The molecule has 1 atom stereocenters. The monoisotopic (exact) mass is 378 g/mol. The van der Waals surface area contributed by atoms with Gasteiger partial charge in [-0.3, -0.25) is 4.79 Å². The smallest absolute Gasteiger partial charge is 0.226 e. The van der Waals surface area contributed by atoms with Gasteiger partial charge in [-0.25, -0.2) is 0 Å². The Bertz CT molecular complexity index is 703. The van der Waals surface area contributed by atoms with E-state index in [4.69, 9.17) is 14.2 Å². The van der Waals surface area contributed by atoms with Gasteiger partial charge in [0.1, 0.15) is 5.75 Å². The SMILES string of the molecule is COc1ccccc1Oc1ccc(NC(=O)CC2COCCN2)cc1.Cl. The minimum absolute atomic E-state index is 0. The molecule has 0 saturated carbocycles. The molecule has 0 bridgehead atoms. The zero-order valence-corrected chi connectivity index (χ0v) is 15.4. The van der Waals surface area contributed by atoms with Crippen LogP contribution in [0.4, 0.5) is 5.69 Å². The first-order chi connectivity index (χ1) is 12.2. The second-order valence-electron chi connectivity index (χ2n) is 5.76. The largest absolute Gasteiger partial charge is 0.493 e. The van der Waals surface area contributed by atoms with E-state index < -0.39 is 0 Å². The summed E-state index contributed by atoms with van der Waals surface area (Å²) in [5.74, 6) is 1.94. The quantitative estimate of drug-likeness (QED) is 0.807. The molecule has 0 aliphatic carbocycles. The van der Waals surface area contributed by atoms with E-state index in [0.29, 0.717) is 36.9 Å². The fraction of sp³-hybridized carbons (Fsp3) is 0.316. The Balaban J connectivity index is 0.00000243. The van der Waals surface area contributed by atoms with Gasteiger partial charge in [-0.2, -0.15) is 0 Å². The topological polar surface area (TPSA) is 68.8 Å². The average Bonchev–Trinajstić information content (AvgIpc) is 2.64. The van der Waals surface area contributed by atoms with Gasteiger partial charge in [-0.05, 0) is 36.4 Å². The molecule has 2 N–H and O–H groups in total. The number of para-hydroxylation sites is 2. The van der Waals surface area contributed by atoms with Gasteiger partial charge in [0.15, 0.2) is 11.5 Å². The molecule has 140 valence electrons. The second-order valence-corrected chi connectivity index (χ2v) is 5.76. The third-order valence-electron chi connectivity index (χ3n) is 3.87. The van der Waals surface area contributed by atoms with Gasteiger partial charge in [0.25, 0.3) is 0 Å². The number of morpholine rings is 1. The maximum atomic E-state index is 12.1. The van der Waals surface area contributed by atoms with Gasteiger partial charge in [0.2, 0.25) is 5.91 Å². The molecule has 26 heavy (non-hydrogen) atoms. The summed E-state index contributed by atoms with van der Waals surface area (Å²) in [7, 11) is 1.60. The number of ether oxygens (including phenoxy) is 3. The van der Waals surface area contributed by atoms with Crippen LogP contribution in [0.15, 0.2) is 48.5 Å². The number of benzene rings is 2. The molecule has 2 aromatic carbocycles. The fourth-order valence-corrected chi connectivity index (χ4v) is 2.62. The highest BCUT2D eigenvalue weighted by Gasteiger charge is 2.16. The summed E-state index contributed by atoms with van der Waals surface area (Å²) in [5.41, 5.74) is 0.731. The zero-order chi connectivity index (χ0) is 17.5. The molecule has 1 fully saturated rings. The van der Waals surface area contributed by atoms with E-state index in [1.54, 1.807) is 7.11 Å². The summed E-state index contributed by atoms with van der Waals surface area (Å²) < 4.78 is 16.4. The molecular formula is C19H23ClN2O4. The van der Waals surface area contributed by atoms with Crippen molar-refractivity contribution < 1.29 is 19.0 Å². The maximum Gasteiger partial charge on any atom is 0.226 e. The summed E-state index contributed by atoms with van der Waals surface area (Å²) in [5, 5.41) is 6.15. The summed E-state index contributed by atoms with van der Waals surface area (Å²) in [6, 6.07) is 14.8. The average molecular weight is 379 g/mol. The van der Waals surface area contributed by atoms with E-state index in [2.05, 4.69) is 10.6 Å². The van der Waals surface area contributed by atoms with Crippen LogP contribution in [0, 0.1) is 0 Å². The third-order valence-corrected chi connectivity index (χ3v) is 3.87. The number of carbonyl (C=O) groups is 1. The number of amides is 1. The van der Waals surface area contributed by atoms with Crippen LogP contribution in [0.3, 0.4) is 0 Å². The van der Waals surface area contributed by atoms with Crippen molar-refractivity contribution in [1.82, 2.24) is 5.32 Å². The Morgan fingerprint density at radius 1 is 1.19 bits per heavy atom. The number of hydrogen-bond donors (Lipinski definition) is 2. The van der Waals surface area contributed by atoms with E-state index >= 15 is 0 Å². The Labute approximate surface area is 159 Å². The normalized spacial score (nSPS) is 16.3. The van der Waals surface area contributed by atoms with Crippen LogP contribution in [-0.2, 0) is 9.53 Å². The zero-order valence-electron chi connectivity index (χ0n) is 14.6. The molecule has 0 aromatic heterocycles. The Morgan fingerprint density at radius 2 is 1.92 bits per heavy atom. The van der Waals surface area contributed by atoms with E-state index in [-0.39, 0.29) is 24.4 Å². The Morgan fingerprint density at radius 3 is 2.58 bits per heavy atom. The van der Waals surface area contributed by atoms with Crippen LogP contribution in [0.25, 0.3) is 0 Å². The molecule has 1 heterocycles. The number of rotatable bonds is 6. The summed E-state index contributed by atoms with van der Waals surface area (Å²) in [6.07, 6.45) is 0.388. The predicted molar refractivity (Wildman–Crippen MR) is 103 cm³/mol. The van der Waals surface area contributed by atoms with Gasteiger partial charge in [0, 0.05) is 24.7 Å². The van der Waals surface area contributed by atoms with Crippen LogP contribution in [-0.4, -0.2) is 38.8 Å². The number of methoxy groups -OCH3 is 1. The second kappa shape index (κ2) is 10.0. The summed E-state index contributed by atoms with van der Waals surface area (Å²) in [6.45, 7) is 2.05. The first-order valence-electron chi connectivity index (χ1n) is 8.26. The highest BCUT2D eigenvalue weighted by atomic mass is 35.5. The molecule has 1 saturated heterocycles. The van der Waals surface area contributed by atoms with Crippen molar-refractivity contribution in [2.45, 2.75) is 12.5 Å². The van der Waals surface area contributed by atoms with Crippen LogP contribution in [0.2, 0.25) is 0 Å². The van der Waals surface area contributed by atoms with Gasteiger partial charge >= 0.3 is 0 Å². The molecule has 3 rings (SSSR count). The predicted octanol–water partition coefficient (Wildman–Crippen LogP) is 3.23. The van der Waals surface area contributed by atoms with Crippen LogP contribution < -0.4 is 20.1 Å². The third kappa shape index (κ3) is 5.62. The number of halogens is 1. The number of carbonyl (C=O) groups excluding carboxylic acids is 1.